The number of carbonyl (C=O) groups excluding carboxylic acids is 1. The summed E-state index contributed by atoms with van der Waals surface area (Å²) in [6.45, 7) is -2.05. The molecule has 0 aliphatic rings. The summed E-state index contributed by atoms with van der Waals surface area (Å²) in [5.74, 6) is 9.42. The van der Waals surface area contributed by atoms with Crippen LogP contribution in [0, 0.1) is 23.2 Å². The van der Waals surface area contributed by atoms with Crippen molar-refractivity contribution >= 4 is 34.1 Å². The molecule has 0 saturated carbocycles. The van der Waals surface area contributed by atoms with Gasteiger partial charge < -0.3 is 0 Å². The summed E-state index contributed by atoms with van der Waals surface area (Å²) in [5, 5.41) is 13.9. The Bertz CT molecular complexity index is 1870. The topological polar surface area (TPSA) is 136 Å². The zero-order chi connectivity index (χ0) is 40.2. The summed E-state index contributed by atoms with van der Waals surface area (Å²) in [7, 11) is 14.3. The molecular formula is C42H49N2O10P. The number of methoxy groups -OCH3 is 9. The van der Waals surface area contributed by atoms with Crippen LogP contribution in [0.15, 0.2) is 60.7 Å². The minimum absolute atomic E-state index is 0.161. The number of unbranched alkanes of at least 4 members (excludes halogenated alkanes) is 1. The maximum absolute atomic E-state index is 13.4. The quantitative estimate of drug-likeness (QED) is 0.0735. The molecule has 0 aliphatic carbocycles. The summed E-state index contributed by atoms with van der Waals surface area (Å²) in [5.41, 5.74) is 1.29. The Kier molecular flexibility index (Phi) is 14.0. The van der Waals surface area contributed by atoms with Crippen LogP contribution in [0.1, 0.15) is 24.8 Å². The summed E-state index contributed by atoms with van der Waals surface area (Å²) < 4.78 is 54.6. The average molecular weight is 773 g/mol. The van der Waals surface area contributed by atoms with E-state index in [9.17, 15) is 4.79 Å². The van der Waals surface area contributed by atoms with Crippen LogP contribution in [0.5, 0.6) is 51.7 Å². The fourth-order valence-corrected chi connectivity index (χ4v) is 14.0. The Morgan fingerprint density at radius 2 is 0.945 bits per heavy atom. The van der Waals surface area contributed by atoms with Gasteiger partial charge in [-0.3, -0.25) is 0 Å². The van der Waals surface area contributed by atoms with Crippen molar-refractivity contribution in [3.63, 3.8) is 0 Å². The molecule has 0 heterocycles. The van der Waals surface area contributed by atoms with Gasteiger partial charge in [-0.1, -0.05) is 0 Å². The van der Waals surface area contributed by atoms with E-state index in [1.165, 1.54) is 0 Å². The van der Waals surface area contributed by atoms with Crippen LogP contribution in [-0.4, -0.2) is 82.7 Å². The van der Waals surface area contributed by atoms with Gasteiger partial charge in [-0.15, -0.1) is 0 Å². The first-order valence-corrected chi connectivity index (χ1v) is 20.1. The van der Waals surface area contributed by atoms with Gasteiger partial charge in [-0.05, 0) is 0 Å². The van der Waals surface area contributed by atoms with Gasteiger partial charge in [-0.25, -0.2) is 0 Å². The van der Waals surface area contributed by atoms with Crippen molar-refractivity contribution in [3.05, 3.63) is 66.2 Å². The molecule has 0 aliphatic heterocycles. The van der Waals surface area contributed by atoms with E-state index in [1.54, 1.807) is 94.3 Å². The molecule has 0 saturated heterocycles. The third-order valence-corrected chi connectivity index (χ3v) is 16.1. The fraction of sp³-hybridized carbons (Fsp3) is 0.333. The molecule has 1 N–H and O–H groups in total. The van der Waals surface area contributed by atoms with Crippen LogP contribution in [0.2, 0.25) is 0 Å². The van der Waals surface area contributed by atoms with Crippen molar-refractivity contribution in [3.8, 4) is 69.7 Å². The average Bonchev–Trinajstić information content (AvgIpc) is 3.23. The van der Waals surface area contributed by atoms with Crippen LogP contribution < -0.4 is 63.9 Å². The Morgan fingerprint density at radius 1 is 0.582 bits per heavy atom. The van der Waals surface area contributed by atoms with Crippen LogP contribution >= 0.6 is 6.60 Å². The Morgan fingerprint density at radius 3 is 1.25 bits per heavy atom. The van der Waals surface area contributed by atoms with Crippen molar-refractivity contribution in [2.75, 3.05) is 82.1 Å². The number of rotatable bonds is 18. The number of hydrogen-bond acceptors (Lipinski definition) is 11. The predicted molar refractivity (Wildman–Crippen MR) is 216 cm³/mol. The SMILES string of the molecule is COc1cc(OC)c(P(C)(CCCCC(=O)Nc2ccc(C#CC#N)cc2)(c2c(OC)cc(OC)cc2OC)c2c(OC)cc(OC)cc2OC)c(OC)c1. The second kappa shape index (κ2) is 18.4. The predicted octanol–water partition coefficient (Wildman–Crippen LogP) is 5.91. The molecule has 4 aromatic carbocycles. The molecule has 12 nitrogen and oxygen atoms in total. The van der Waals surface area contributed by atoms with Gasteiger partial charge in [-0.2, -0.15) is 5.26 Å². The third kappa shape index (κ3) is 8.25. The number of benzene rings is 4. The Labute approximate surface area is 323 Å². The van der Waals surface area contributed by atoms with Gasteiger partial charge in [0.15, 0.2) is 6.07 Å². The second-order valence-electron chi connectivity index (χ2n) is 12.6. The van der Waals surface area contributed by atoms with Crippen molar-refractivity contribution in [1.82, 2.24) is 0 Å². The number of nitrogens with zero attached hydrogens (tertiary/aromatic N) is 1. The molecular weight excluding hydrogens is 723 g/mol. The number of nitrogens with one attached hydrogen (secondary N) is 1. The molecule has 4 aromatic rings. The molecule has 0 aromatic heterocycles. The summed E-state index contributed by atoms with van der Waals surface area (Å²) in [6.07, 6.45) is 1.67. The van der Waals surface area contributed by atoms with Crippen molar-refractivity contribution in [2.24, 2.45) is 0 Å². The summed E-state index contributed by atoms with van der Waals surface area (Å²) in [4.78, 5) is 13.4. The molecule has 0 radical (unpaired) electrons. The standard InChI is InChI=1S/C42H49N2O10P/c1-46-30-22-33(49-4)40(34(23-30)50-5)55(10,41-35(51-6)24-31(47-2)25-36(41)52-7,42-37(53-8)26-32(48-3)27-38(42)54-9)21-12-11-15-39(45)44-29-18-16-28(17-19-29)14-13-20-43/h16-19,22-27H,11-12,15,21H2,1-10H3,(H,44,45). The van der Waals surface area contributed by atoms with Crippen LogP contribution in [0.3, 0.4) is 0 Å². The zero-order valence-electron chi connectivity index (χ0n) is 33.1. The monoisotopic (exact) mass is 772 g/mol. The summed E-state index contributed by atoms with van der Waals surface area (Å²) >= 11 is 0. The van der Waals surface area contributed by atoms with Crippen molar-refractivity contribution in [1.29, 1.82) is 5.26 Å². The molecule has 55 heavy (non-hydrogen) atoms. The molecule has 1 amide bonds. The molecule has 4 rings (SSSR count). The van der Waals surface area contributed by atoms with Crippen LogP contribution in [0.25, 0.3) is 0 Å². The molecule has 0 unspecified atom stereocenters. The van der Waals surface area contributed by atoms with Crippen LogP contribution in [-0.2, 0) is 4.79 Å². The Hall–Kier alpha value is -5.97. The Balaban J connectivity index is 2.06. The van der Waals surface area contributed by atoms with Crippen molar-refractivity contribution < 1.29 is 47.4 Å². The molecule has 292 valence electrons. The molecule has 0 atom stereocenters. The first-order chi connectivity index (χ1) is 26.5. The zero-order valence-corrected chi connectivity index (χ0v) is 34.0. The van der Waals surface area contributed by atoms with E-state index in [1.807, 2.05) is 36.4 Å². The number of carbonyl (C=O) groups is 1. The van der Waals surface area contributed by atoms with E-state index in [4.69, 9.17) is 47.9 Å². The molecule has 0 spiro atoms. The number of anilines is 1. The van der Waals surface area contributed by atoms with Gasteiger partial charge in [0.05, 0.1) is 0 Å². The normalized spacial score (nSPS) is 11.3. The van der Waals surface area contributed by atoms with Crippen molar-refractivity contribution in [2.45, 2.75) is 19.3 Å². The number of nitriles is 1. The minimum atomic E-state index is -4.23. The maximum atomic E-state index is 13.4. The van der Waals surface area contributed by atoms with Gasteiger partial charge in [0, 0.05) is 0 Å². The summed E-state index contributed by atoms with van der Waals surface area (Å²) in [6, 6.07) is 19.7. The van der Waals surface area contributed by atoms with E-state index in [0.717, 1.165) is 0 Å². The van der Waals surface area contributed by atoms with E-state index < -0.39 is 6.60 Å². The molecule has 0 bridgehead atoms. The third-order valence-electron chi connectivity index (χ3n) is 9.69. The van der Waals surface area contributed by atoms with E-state index in [-0.39, 0.29) is 12.3 Å². The van der Waals surface area contributed by atoms with Gasteiger partial charge in [0.1, 0.15) is 0 Å². The number of ether oxygens (including phenoxy) is 9. The van der Waals surface area contributed by atoms with E-state index in [2.05, 4.69) is 23.8 Å². The van der Waals surface area contributed by atoms with E-state index >= 15 is 0 Å². The van der Waals surface area contributed by atoms with Gasteiger partial charge >= 0.3 is 313 Å². The first-order valence-electron chi connectivity index (χ1n) is 17.3. The van der Waals surface area contributed by atoms with E-state index in [0.29, 0.717) is 97.9 Å². The number of hydrogen-bond donors (Lipinski definition) is 1. The second-order valence-corrected chi connectivity index (χ2v) is 18.0. The van der Waals surface area contributed by atoms with Gasteiger partial charge in [0.25, 0.3) is 0 Å². The molecule has 13 heteroatoms. The fourth-order valence-electron chi connectivity index (χ4n) is 7.18. The van der Waals surface area contributed by atoms with Crippen LogP contribution in [0.4, 0.5) is 5.69 Å². The number of amides is 1. The molecule has 0 fully saturated rings. The first kappa shape index (κ1) is 41.8. The van der Waals surface area contributed by atoms with Gasteiger partial charge in [0.2, 0.25) is 0 Å².